The third-order valence-corrected chi connectivity index (χ3v) is 1.81. The molecule has 0 aliphatic carbocycles. The zero-order chi connectivity index (χ0) is 11.4. The van der Waals surface area contributed by atoms with Crippen molar-refractivity contribution < 1.29 is 15.2 Å². The van der Waals surface area contributed by atoms with Gasteiger partial charge in [0, 0.05) is 17.8 Å². The molecule has 0 saturated carbocycles. The number of anilines is 1. The summed E-state index contributed by atoms with van der Waals surface area (Å²) in [7, 11) is 0. The van der Waals surface area contributed by atoms with Crippen LogP contribution in [0.5, 0.6) is 0 Å². The van der Waals surface area contributed by atoms with Crippen molar-refractivity contribution in [3.63, 3.8) is 0 Å². The molecule has 1 unspecified atom stereocenters. The van der Waals surface area contributed by atoms with Crippen LogP contribution in [0, 0.1) is 5.21 Å². The molecule has 0 spiro atoms. The fourth-order valence-corrected chi connectivity index (χ4v) is 0.952. The molecule has 0 bridgehead atoms. The minimum atomic E-state index is -1.000. The van der Waals surface area contributed by atoms with E-state index in [4.69, 9.17) is 10.9 Å². The van der Waals surface area contributed by atoms with Gasteiger partial charge < -0.3 is 16.3 Å². The summed E-state index contributed by atoms with van der Waals surface area (Å²) in [6.45, 7) is 1.57. The van der Waals surface area contributed by atoms with Crippen molar-refractivity contribution >= 4 is 17.3 Å². The summed E-state index contributed by atoms with van der Waals surface area (Å²) in [6, 6.07) is 5.27. The Bertz CT molecular complexity index is 335. The second kappa shape index (κ2) is 4.85. The Balaban J connectivity index is 2.69. The number of hydrogen-bond donors (Lipinski definition) is 4. The number of carbonyl (C=O) groups excluding carboxylic acids is 1. The number of quaternary nitrogens is 1. The molecule has 6 heteroatoms. The monoisotopic (exact) mass is 211 g/mol. The van der Waals surface area contributed by atoms with Crippen LogP contribution in [-0.4, -0.2) is 17.2 Å². The van der Waals surface area contributed by atoms with E-state index in [1.807, 2.05) is 0 Å². The molecule has 6 nitrogen and oxygen atoms in total. The van der Waals surface area contributed by atoms with Crippen LogP contribution in [0.3, 0.4) is 0 Å². The predicted molar refractivity (Wildman–Crippen MR) is 54.5 cm³/mol. The molecule has 82 valence electrons. The molecule has 1 aromatic rings. The van der Waals surface area contributed by atoms with Crippen molar-refractivity contribution in [3.8, 4) is 0 Å². The van der Waals surface area contributed by atoms with Crippen LogP contribution in [-0.2, 0) is 4.79 Å². The van der Waals surface area contributed by atoms with Crippen LogP contribution in [0.4, 0.5) is 11.4 Å². The van der Waals surface area contributed by atoms with Gasteiger partial charge in [-0.05, 0) is 19.1 Å². The third-order valence-electron chi connectivity index (χ3n) is 1.81. The number of carbonyl (C=O) groups is 1. The summed E-state index contributed by atoms with van der Waals surface area (Å²) in [5, 5.41) is 20.7. The molecule has 0 aliphatic heterocycles. The Labute approximate surface area is 86.8 Å². The van der Waals surface area contributed by atoms with Crippen molar-refractivity contribution in [3.05, 3.63) is 29.5 Å². The summed E-state index contributed by atoms with van der Waals surface area (Å²) >= 11 is 0. The number of nitrogens with one attached hydrogen (secondary N) is 2. The van der Waals surface area contributed by atoms with Crippen LogP contribution < -0.4 is 16.3 Å². The summed E-state index contributed by atoms with van der Waals surface area (Å²) in [4.78, 5) is 11.2. The van der Waals surface area contributed by atoms with E-state index in [0.29, 0.717) is 5.69 Å². The average molecular weight is 211 g/mol. The molecular formula is C9H13N3O3. The lowest BCUT2D eigenvalue weighted by molar-refractivity contribution is -0.991. The van der Waals surface area contributed by atoms with Crippen molar-refractivity contribution in [1.82, 2.24) is 0 Å². The smallest absolute Gasteiger partial charge is 0.240 e. The molecule has 5 N–H and O–H groups in total. The lowest BCUT2D eigenvalue weighted by atomic mass is 10.2. The van der Waals surface area contributed by atoms with E-state index < -0.39 is 11.3 Å². The zero-order valence-corrected chi connectivity index (χ0v) is 8.23. The van der Waals surface area contributed by atoms with Gasteiger partial charge >= 0.3 is 0 Å². The van der Waals surface area contributed by atoms with Gasteiger partial charge in [-0.2, -0.15) is 5.23 Å². The highest BCUT2D eigenvalue weighted by Gasteiger charge is 2.07. The van der Waals surface area contributed by atoms with Gasteiger partial charge in [0.15, 0.2) is 5.69 Å². The molecule has 0 aliphatic rings. The van der Waals surface area contributed by atoms with Gasteiger partial charge in [-0.25, -0.2) is 5.21 Å². The highest BCUT2D eigenvalue weighted by Crippen LogP contribution is 2.10. The fraction of sp³-hybridized carbons (Fsp3) is 0.222. The highest BCUT2D eigenvalue weighted by molar-refractivity contribution is 5.94. The van der Waals surface area contributed by atoms with Gasteiger partial charge in [-0.15, -0.1) is 0 Å². The number of benzene rings is 1. The predicted octanol–water partition coefficient (Wildman–Crippen LogP) is -0.624. The molecule has 1 aromatic carbocycles. The Morgan fingerprint density at radius 3 is 2.47 bits per heavy atom. The maximum Gasteiger partial charge on any atom is 0.240 e. The SMILES string of the molecule is C[C@@H](N)C(=O)Nc1ccc([NH+]([O-])O)cc1. The molecule has 0 aromatic heterocycles. The van der Waals surface area contributed by atoms with Crippen molar-refractivity contribution in [2.24, 2.45) is 5.73 Å². The van der Waals surface area contributed by atoms with Crippen molar-refractivity contribution in [2.45, 2.75) is 13.0 Å². The van der Waals surface area contributed by atoms with E-state index >= 15 is 0 Å². The van der Waals surface area contributed by atoms with Crippen LogP contribution >= 0.6 is 0 Å². The number of hydrogen-bond acceptors (Lipinski definition) is 4. The zero-order valence-electron chi connectivity index (χ0n) is 8.23. The normalized spacial score (nSPS) is 14.4. The first kappa shape index (κ1) is 11.6. The van der Waals surface area contributed by atoms with E-state index in [1.165, 1.54) is 24.3 Å². The summed E-state index contributed by atoms with van der Waals surface area (Å²) < 4.78 is 0. The summed E-state index contributed by atoms with van der Waals surface area (Å²) in [6.07, 6.45) is 0. The standard InChI is InChI=1S/C9H13N3O3/c1-6(10)9(13)11-7-2-4-8(5-3-7)12(14)15/h2-6,12,14H,10H2,1H3,(H,11,13)/t6-/m1/s1. The first-order chi connectivity index (χ1) is 7.00. The fourth-order valence-electron chi connectivity index (χ4n) is 0.952. The minimum Gasteiger partial charge on any atom is -0.595 e. The molecule has 0 radical (unpaired) electrons. The van der Waals surface area contributed by atoms with Crippen molar-refractivity contribution in [2.75, 3.05) is 5.32 Å². The van der Waals surface area contributed by atoms with Gasteiger partial charge in [0.1, 0.15) is 0 Å². The van der Waals surface area contributed by atoms with E-state index in [0.717, 1.165) is 0 Å². The quantitative estimate of drug-likeness (QED) is 0.500. The Morgan fingerprint density at radius 2 is 2.07 bits per heavy atom. The maximum absolute atomic E-state index is 11.2. The molecule has 0 fully saturated rings. The van der Waals surface area contributed by atoms with Crippen molar-refractivity contribution in [1.29, 1.82) is 0 Å². The number of nitrogens with two attached hydrogens (primary N) is 1. The van der Waals surface area contributed by atoms with E-state index in [-0.39, 0.29) is 11.6 Å². The van der Waals surface area contributed by atoms with Crippen LogP contribution in [0.15, 0.2) is 24.3 Å². The largest absolute Gasteiger partial charge is 0.595 e. The molecule has 0 saturated heterocycles. The summed E-state index contributed by atoms with van der Waals surface area (Å²) in [5.74, 6) is -0.307. The Kier molecular flexibility index (Phi) is 3.75. The first-order valence-electron chi connectivity index (χ1n) is 4.40. The lowest BCUT2D eigenvalue weighted by Gasteiger charge is -2.12. The van der Waals surface area contributed by atoms with Gasteiger partial charge in [-0.3, -0.25) is 4.79 Å². The molecule has 2 atom stereocenters. The maximum atomic E-state index is 11.2. The van der Waals surface area contributed by atoms with E-state index in [1.54, 1.807) is 6.92 Å². The number of rotatable bonds is 3. The Hall–Kier alpha value is -1.47. The van der Waals surface area contributed by atoms with Gasteiger partial charge in [0.05, 0.1) is 6.04 Å². The van der Waals surface area contributed by atoms with Crippen LogP contribution in [0.25, 0.3) is 0 Å². The average Bonchev–Trinajstić information content (AvgIpc) is 2.18. The van der Waals surface area contributed by atoms with Gasteiger partial charge in [0.25, 0.3) is 0 Å². The van der Waals surface area contributed by atoms with Crippen LogP contribution in [0.1, 0.15) is 6.92 Å². The second-order valence-corrected chi connectivity index (χ2v) is 3.16. The highest BCUT2D eigenvalue weighted by atomic mass is 16.8. The first-order valence-corrected chi connectivity index (χ1v) is 4.40. The molecule has 1 amide bonds. The Morgan fingerprint density at radius 1 is 1.53 bits per heavy atom. The lowest BCUT2D eigenvalue weighted by Crippen LogP contribution is -2.99. The van der Waals surface area contributed by atoms with E-state index in [9.17, 15) is 10.0 Å². The minimum absolute atomic E-state index is 0.175. The molecule has 0 heterocycles. The second-order valence-electron chi connectivity index (χ2n) is 3.16. The van der Waals surface area contributed by atoms with Gasteiger partial charge in [-0.1, -0.05) is 0 Å². The van der Waals surface area contributed by atoms with Crippen LogP contribution in [0.2, 0.25) is 0 Å². The summed E-state index contributed by atoms with van der Waals surface area (Å²) in [5.41, 5.74) is 6.06. The topological polar surface area (TPSA) is 103 Å². The van der Waals surface area contributed by atoms with E-state index in [2.05, 4.69) is 5.32 Å². The number of amides is 1. The molecule has 15 heavy (non-hydrogen) atoms. The van der Waals surface area contributed by atoms with Gasteiger partial charge in [0.2, 0.25) is 5.91 Å². The third kappa shape index (κ3) is 3.30. The molecular weight excluding hydrogens is 198 g/mol. The molecule has 1 rings (SSSR count).